The predicted octanol–water partition coefficient (Wildman–Crippen LogP) is 3.76. The highest BCUT2D eigenvalue weighted by Gasteiger charge is 2.24. The van der Waals surface area contributed by atoms with E-state index in [4.69, 9.17) is 9.97 Å². The third-order valence-electron chi connectivity index (χ3n) is 6.34. The molecule has 0 N–H and O–H groups in total. The van der Waals surface area contributed by atoms with Gasteiger partial charge in [-0.2, -0.15) is 0 Å². The molecule has 5 aromatic rings. The molecule has 0 saturated carbocycles. The quantitative estimate of drug-likeness (QED) is 0.380. The van der Waals surface area contributed by atoms with Crippen LogP contribution in [0.1, 0.15) is 16.1 Å². The topological polar surface area (TPSA) is 79.5 Å². The van der Waals surface area contributed by atoms with Gasteiger partial charge in [-0.3, -0.25) is 19.1 Å². The van der Waals surface area contributed by atoms with Crippen molar-refractivity contribution in [2.24, 2.45) is 0 Å². The van der Waals surface area contributed by atoms with Crippen LogP contribution in [0.5, 0.6) is 0 Å². The summed E-state index contributed by atoms with van der Waals surface area (Å²) in [5, 5.41) is 3.05. The highest BCUT2D eigenvalue weighted by Crippen LogP contribution is 2.36. The summed E-state index contributed by atoms with van der Waals surface area (Å²) in [7, 11) is 0. The largest absolute Gasteiger partial charge is 0.353 e. The van der Waals surface area contributed by atoms with Gasteiger partial charge in [-0.15, -0.1) is 22.7 Å². The number of fused-ring (bicyclic) bond motifs is 2. The van der Waals surface area contributed by atoms with Gasteiger partial charge in [-0.1, -0.05) is 0 Å². The molecule has 0 spiro atoms. The number of thiazole rings is 1. The molecule has 1 fully saturated rings. The van der Waals surface area contributed by atoms with Gasteiger partial charge in [0.2, 0.25) is 0 Å². The summed E-state index contributed by atoms with van der Waals surface area (Å²) in [4.78, 5) is 38.9. The fourth-order valence-corrected chi connectivity index (χ4v) is 6.16. The van der Waals surface area contributed by atoms with Gasteiger partial charge in [0.05, 0.1) is 11.1 Å². The molecular weight excluding hydrogens is 466 g/mol. The lowest BCUT2D eigenvalue weighted by Gasteiger charge is -2.35. The molecule has 0 aliphatic carbocycles. The molecule has 0 unspecified atom stereocenters. The number of aromatic nitrogens is 5. The molecule has 0 radical (unpaired) electrons. The van der Waals surface area contributed by atoms with E-state index in [0.717, 1.165) is 58.4 Å². The van der Waals surface area contributed by atoms with Crippen molar-refractivity contribution >= 4 is 43.7 Å². The first-order valence-electron chi connectivity index (χ1n) is 11.2. The van der Waals surface area contributed by atoms with Crippen LogP contribution in [-0.2, 0) is 6.54 Å². The molecule has 0 atom stereocenters. The van der Waals surface area contributed by atoms with Crippen LogP contribution in [0.15, 0.2) is 47.0 Å². The second kappa shape index (κ2) is 8.53. The van der Waals surface area contributed by atoms with Crippen LogP contribution in [0.2, 0.25) is 0 Å². The van der Waals surface area contributed by atoms with E-state index in [0.29, 0.717) is 12.4 Å². The Balaban J connectivity index is 1.27. The number of hydrogen-bond donors (Lipinski definition) is 0. The van der Waals surface area contributed by atoms with Crippen LogP contribution in [0.25, 0.3) is 26.6 Å². The molecule has 172 valence electrons. The van der Waals surface area contributed by atoms with Crippen molar-refractivity contribution < 1.29 is 0 Å². The fourth-order valence-electron chi connectivity index (χ4n) is 4.40. The fraction of sp³-hybridized carbons (Fsp3) is 0.292. The van der Waals surface area contributed by atoms with Crippen LogP contribution in [0.3, 0.4) is 0 Å². The molecule has 0 amide bonds. The molecule has 5 aromatic heterocycles. The maximum absolute atomic E-state index is 12.3. The molecule has 10 heteroatoms. The minimum Gasteiger partial charge on any atom is -0.353 e. The number of anilines is 1. The summed E-state index contributed by atoms with van der Waals surface area (Å²) >= 11 is 3.21. The van der Waals surface area contributed by atoms with Gasteiger partial charge in [0, 0.05) is 73.2 Å². The van der Waals surface area contributed by atoms with Gasteiger partial charge in [0.15, 0.2) is 10.8 Å². The second-order valence-electron chi connectivity index (χ2n) is 8.48. The summed E-state index contributed by atoms with van der Waals surface area (Å²) in [6.45, 7) is 8.44. The third kappa shape index (κ3) is 3.77. The standard InChI is InChI=1S/C24H23N7OS2/c1-15-16(2)34-23-20(15)22(27-21(28-23)17-4-3-5-25-13-17)30-8-6-29(7-9-30)14-18-12-19(32)31-10-11-33-24(31)26-18/h3-5,10-13H,6-9,14H2,1-2H3. The van der Waals surface area contributed by atoms with Crippen LogP contribution in [0, 0.1) is 13.8 Å². The number of thiophene rings is 1. The van der Waals surface area contributed by atoms with E-state index in [-0.39, 0.29) is 5.56 Å². The minimum absolute atomic E-state index is 0.0190. The van der Waals surface area contributed by atoms with Gasteiger partial charge in [0.1, 0.15) is 10.6 Å². The molecule has 34 heavy (non-hydrogen) atoms. The van der Waals surface area contributed by atoms with Crippen molar-refractivity contribution in [1.29, 1.82) is 0 Å². The van der Waals surface area contributed by atoms with Crippen molar-refractivity contribution in [2.45, 2.75) is 20.4 Å². The molecular formula is C24H23N7OS2. The average Bonchev–Trinajstić information content (AvgIpc) is 3.44. The van der Waals surface area contributed by atoms with Crippen LogP contribution in [0.4, 0.5) is 5.82 Å². The summed E-state index contributed by atoms with van der Waals surface area (Å²) < 4.78 is 1.59. The summed E-state index contributed by atoms with van der Waals surface area (Å²) in [5.41, 5.74) is 2.99. The monoisotopic (exact) mass is 489 g/mol. The minimum atomic E-state index is -0.0190. The van der Waals surface area contributed by atoms with Crippen LogP contribution in [-0.4, -0.2) is 55.4 Å². The zero-order chi connectivity index (χ0) is 23.2. The summed E-state index contributed by atoms with van der Waals surface area (Å²) in [5.74, 6) is 1.72. The number of nitrogens with zero attached hydrogens (tertiary/aromatic N) is 7. The number of aryl methyl sites for hydroxylation is 2. The molecule has 6 heterocycles. The predicted molar refractivity (Wildman–Crippen MR) is 137 cm³/mol. The Labute approximate surface area is 204 Å². The Kier molecular flexibility index (Phi) is 5.35. The number of hydrogen-bond acceptors (Lipinski definition) is 9. The number of pyridine rings is 1. The van der Waals surface area contributed by atoms with Crippen LogP contribution < -0.4 is 10.5 Å². The molecule has 1 aliphatic heterocycles. The zero-order valence-corrected chi connectivity index (χ0v) is 20.6. The third-order valence-corrected chi connectivity index (χ3v) is 8.20. The molecule has 1 saturated heterocycles. The Morgan fingerprint density at radius 3 is 2.74 bits per heavy atom. The number of rotatable bonds is 4. The van der Waals surface area contributed by atoms with Gasteiger partial charge in [-0.25, -0.2) is 15.0 Å². The smallest absolute Gasteiger partial charge is 0.258 e. The average molecular weight is 490 g/mol. The van der Waals surface area contributed by atoms with E-state index >= 15 is 0 Å². The lowest BCUT2D eigenvalue weighted by molar-refractivity contribution is 0.247. The van der Waals surface area contributed by atoms with Gasteiger partial charge >= 0.3 is 0 Å². The highest BCUT2D eigenvalue weighted by molar-refractivity contribution is 7.18. The Bertz CT molecular complexity index is 1550. The van der Waals surface area contributed by atoms with E-state index < -0.39 is 0 Å². The van der Waals surface area contributed by atoms with Crippen LogP contribution >= 0.6 is 22.7 Å². The van der Waals surface area contributed by atoms with Gasteiger partial charge in [-0.05, 0) is 31.5 Å². The number of piperazine rings is 1. The Morgan fingerprint density at radius 1 is 1.09 bits per heavy atom. The van der Waals surface area contributed by atoms with Gasteiger partial charge < -0.3 is 4.90 Å². The van der Waals surface area contributed by atoms with E-state index in [2.05, 4.69) is 33.6 Å². The maximum atomic E-state index is 12.3. The van der Waals surface area contributed by atoms with Gasteiger partial charge in [0.25, 0.3) is 5.56 Å². The molecule has 1 aliphatic rings. The Morgan fingerprint density at radius 2 is 1.94 bits per heavy atom. The SMILES string of the molecule is Cc1sc2nc(-c3cccnc3)nc(N3CCN(Cc4cc(=O)n5ccsc5n4)CC3)c2c1C. The second-order valence-corrected chi connectivity index (χ2v) is 10.6. The molecule has 6 rings (SSSR count). The van der Waals surface area contributed by atoms with E-state index in [1.807, 2.05) is 23.7 Å². The van der Waals surface area contributed by atoms with E-state index in [1.54, 1.807) is 34.2 Å². The lowest BCUT2D eigenvalue weighted by Crippen LogP contribution is -2.46. The molecule has 8 nitrogen and oxygen atoms in total. The van der Waals surface area contributed by atoms with Crippen molar-refractivity contribution in [3.8, 4) is 11.4 Å². The molecule has 0 bridgehead atoms. The zero-order valence-electron chi connectivity index (χ0n) is 18.9. The first-order valence-corrected chi connectivity index (χ1v) is 12.9. The Hall–Kier alpha value is -3.21. The van der Waals surface area contributed by atoms with Crippen molar-refractivity contribution in [3.63, 3.8) is 0 Å². The first-order chi connectivity index (χ1) is 16.6. The highest BCUT2D eigenvalue weighted by atomic mass is 32.1. The van der Waals surface area contributed by atoms with Crippen molar-refractivity contribution in [3.05, 3.63) is 68.7 Å². The molecule has 0 aromatic carbocycles. The summed E-state index contributed by atoms with van der Waals surface area (Å²) in [6, 6.07) is 5.57. The summed E-state index contributed by atoms with van der Waals surface area (Å²) in [6.07, 6.45) is 5.35. The normalized spacial score (nSPS) is 14.9. The van der Waals surface area contributed by atoms with E-state index in [1.165, 1.54) is 21.8 Å². The van der Waals surface area contributed by atoms with Crippen molar-refractivity contribution in [2.75, 3.05) is 31.1 Å². The van der Waals surface area contributed by atoms with Crippen molar-refractivity contribution in [1.82, 2.24) is 29.2 Å². The lowest BCUT2D eigenvalue weighted by atomic mass is 10.1. The maximum Gasteiger partial charge on any atom is 0.258 e. The first kappa shape index (κ1) is 21.3. The van der Waals surface area contributed by atoms with E-state index in [9.17, 15) is 4.79 Å².